The quantitative estimate of drug-likeness (QED) is 0.369. The molecule has 1 atom stereocenters. The molecule has 8 heteroatoms. The van der Waals surface area contributed by atoms with Gasteiger partial charge in [0.2, 0.25) is 0 Å². The Morgan fingerprint density at radius 1 is 1.17 bits per heavy atom. The first-order valence-electron chi connectivity index (χ1n) is 9.74. The number of fused-ring (bicyclic) bond motifs is 2. The molecule has 0 fully saturated rings. The summed E-state index contributed by atoms with van der Waals surface area (Å²) in [5.74, 6) is -1.66. The zero-order valence-corrected chi connectivity index (χ0v) is 20.3. The topological polar surface area (TPSA) is 51.5 Å². The zero-order chi connectivity index (χ0) is 22.4. The van der Waals surface area contributed by atoms with Crippen LogP contribution < -0.4 is 5.43 Å². The average Bonchev–Trinajstić information content (AvgIpc) is 2.62. The number of aromatic nitrogens is 1. The van der Waals surface area contributed by atoms with Crippen molar-refractivity contribution in [2.75, 3.05) is 6.61 Å². The lowest BCUT2D eigenvalue weighted by Crippen LogP contribution is -2.43. The van der Waals surface area contributed by atoms with Gasteiger partial charge >= 0.3 is 0 Å². The van der Waals surface area contributed by atoms with Gasteiger partial charge in [-0.2, -0.15) is 0 Å². The summed E-state index contributed by atoms with van der Waals surface area (Å²) in [5.41, 5.74) is -0.0219. The second-order valence-corrected chi connectivity index (χ2v) is 14.8. The Bertz CT molecular complexity index is 1170. The third-order valence-electron chi connectivity index (χ3n) is 5.87. The largest absolute Gasteiger partial charge is 0.414 e. The van der Waals surface area contributed by atoms with Crippen molar-refractivity contribution in [3.63, 3.8) is 0 Å². The summed E-state index contributed by atoms with van der Waals surface area (Å²) in [4.78, 5) is 12.9. The van der Waals surface area contributed by atoms with Gasteiger partial charge in [0, 0.05) is 15.9 Å². The molecule has 162 valence electrons. The van der Waals surface area contributed by atoms with Gasteiger partial charge in [-0.15, -0.1) is 0 Å². The normalized spacial score (nSPS) is 13.9. The molecule has 0 spiro atoms. The third-order valence-corrected chi connectivity index (χ3v) is 10.9. The van der Waals surface area contributed by atoms with E-state index in [-0.39, 0.29) is 29.1 Å². The molecule has 0 aliphatic rings. The Labute approximate surface area is 183 Å². The minimum absolute atomic E-state index is 0.000901. The SMILES string of the molecule is CC(C)(C)[Si](C)(C)OCC(O)Cn1c2cc(Br)ccc2c(=O)c2cc(F)cc(F)c21. The number of halogens is 3. The molecule has 0 aliphatic carbocycles. The number of aliphatic hydroxyl groups is 1. The van der Waals surface area contributed by atoms with Crippen LogP contribution in [0.25, 0.3) is 21.8 Å². The van der Waals surface area contributed by atoms with Gasteiger partial charge in [-0.3, -0.25) is 4.79 Å². The van der Waals surface area contributed by atoms with Crippen LogP contribution in [0.1, 0.15) is 20.8 Å². The minimum Gasteiger partial charge on any atom is -0.414 e. The number of benzene rings is 2. The monoisotopic (exact) mass is 497 g/mol. The predicted molar refractivity (Wildman–Crippen MR) is 122 cm³/mol. The van der Waals surface area contributed by atoms with Crippen LogP contribution in [0.4, 0.5) is 8.78 Å². The van der Waals surface area contributed by atoms with Crippen LogP contribution in [-0.2, 0) is 11.0 Å². The van der Waals surface area contributed by atoms with Gasteiger partial charge in [0.25, 0.3) is 0 Å². The summed E-state index contributed by atoms with van der Waals surface area (Å²) in [6.07, 6.45) is -0.934. The maximum absolute atomic E-state index is 14.8. The highest BCUT2D eigenvalue weighted by molar-refractivity contribution is 9.10. The molecule has 0 radical (unpaired) electrons. The molecule has 0 bridgehead atoms. The van der Waals surface area contributed by atoms with E-state index in [1.807, 2.05) is 0 Å². The molecular weight excluding hydrogens is 472 g/mol. The third kappa shape index (κ3) is 4.37. The van der Waals surface area contributed by atoms with Gasteiger partial charge in [0.1, 0.15) is 5.82 Å². The molecule has 3 rings (SSSR count). The molecule has 0 amide bonds. The van der Waals surface area contributed by atoms with Crippen molar-refractivity contribution in [3.05, 3.63) is 56.7 Å². The summed E-state index contributed by atoms with van der Waals surface area (Å²) in [6, 6.07) is 6.80. The molecule has 4 nitrogen and oxygen atoms in total. The Balaban J connectivity index is 2.11. The molecule has 0 saturated heterocycles. The minimum atomic E-state index is -2.08. The van der Waals surface area contributed by atoms with Gasteiger partial charge in [-0.05, 0) is 42.4 Å². The molecule has 0 aliphatic heterocycles. The summed E-state index contributed by atoms with van der Waals surface area (Å²) >= 11 is 3.38. The molecule has 3 aromatic rings. The Morgan fingerprint density at radius 3 is 2.47 bits per heavy atom. The van der Waals surface area contributed by atoms with Crippen molar-refractivity contribution in [1.82, 2.24) is 4.57 Å². The highest BCUT2D eigenvalue weighted by atomic mass is 79.9. The summed E-state index contributed by atoms with van der Waals surface area (Å²) in [7, 11) is -2.08. The van der Waals surface area contributed by atoms with E-state index in [4.69, 9.17) is 4.43 Å². The van der Waals surface area contributed by atoms with Crippen LogP contribution in [0.3, 0.4) is 0 Å². The average molecular weight is 498 g/mol. The number of pyridine rings is 1. The van der Waals surface area contributed by atoms with E-state index in [1.165, 1.54) is 4.57 Å². The highest BCUT2D eigenvalue weighted by Crippen LogP contribution is 2.36. The smallest absolute Gasteiger partial charge is 0.197 e. The first-order valence-corrected chi connectivity index (χ1v) is 13.4. The van der Waals surface area contributed by atoms with Crippen molar-refractivity contribution in [1.29, 1.82) is 0 Å². The van der Waals surface area contributed by atoms with Crippen molar-refractivity contribution in [3.8, 4) is 0 Å². The van der Waals surface area contributed by atoms with Crippen LogP contribution >= 0.6 is 15.9 Å². The van der Waals surface area contributed by atoms with Crippen molar-refractivity contribution < 1.29 is 18.3 Å². The lowest BCUT2D eigenvalue weighted by Gasteiger charge is -2.36. The van der Waals surface area contributed by atoms with Crippen LogP contribution in [0.15, 0.2) is 39.6 Å². The van der Waals surface area contributed by atoms with E-state index in [1.54, 1.807) is 18.2 Å². The molecule has 0 saturated carbocycles. The fraction of sp³-hybridized carbons (Fsp3) is 0.409. The molecule has 1 aromatic heterocycles. The number of hydrogen-bond donors (Lipinski definition) is 1. The second kappa shape index (κ2) is 8.14. The first kappa shape index (κ1) is 23.1. The van der Waals surface area contributed by atoms with Gasteiger partial charge < -0.3 is 14.1 Å². The highest BCUT2D eigenvalue weighted by Gasteiger charge is 2.37. The van der Waals surface area contributed by atoms with E-state index in [9.17, 15) is 18.7 Å². The van der Waals surface area contributed by atoms with E-state index >= 15 is 0 Å². The van der Waals surface area contributed by atoms with Crippen molar-refractivity contribution >= 4 is 46.1 Å². The molecule has 1 heterocycles. The number of rotatable bonds is 5. The molecule has 1 N–H and O–H groups in total. The number of aliphatic hydroxyl groups excluding tert-OH is 1. The van der Waals surface area contributed by atoms with E-state index in [0.29, 0.717) is 15.4 Å². The summed E-state index contributed by atoms with van der Waals surface area (Å²) < 4.78 is 37.0. The molecule has 1 unspecified atom stereocenters. The van der Waals surface area contributed by atoms with Crippen molar-refractivity contribution in [2.24, 2.45) is 0 Å². The summed E-state index contributed by atoms with van der Waals surface area (Å²) in [6.45, 7) is 10.6. The van der Waals surface area contributed by atoms with E-state index in [2.05, 4.69) is 49.8 Å². The lowest BCUT2D eigenvalue weighted by molar-refractivity contribution is 0.0875. The Hall–Kier alpha value is -1.61. The molecule has 2 aromatic carbocycles. The van der Waals surface area contributed by atoms with Gasteiger partial charge in [0.15, 0.2) is 19.6 Å². The standard InChI is InChI=1S/C22H26BrF2NO3Si/c1-22(2,3)30(4,5)29-12-15(27)11-26-19-8-13(23)6-7-16(19)21(28)17-9-14(24)10-18(25)20(17)26/h6-10,15,27H,11-12H2,1-5H3. The van der Waals surface area contributed by atoms with Gasteiger partial charge in [0.05, 0.1) is 35.7 Å². The van der Waals surface area contributed by atoms with Crippen molar-refractivity contribution in [2.45, 2.75) is 51.6 Å². The fourth-order valence-electron chi connectivity index (χ4n) is 3.17. The van der Waals surface area contributed by atoms with Crippen LogP contribution in [0, 0.1) is 11.6 Å². The second-order valence-electron chi connectivity index (χ2n) is 9.11. The Morgan fingerprint density at radius 2 is 1.83 bits per heavy atom. The van der Waals surface area contributed by atoms with E-state index < -0.39 is 31.5 Å². The fourth-order valence-corrected chi connectivity index (χ4v) is 4.56. The number of hydrogen-bond acceptors (Lipinski definition) is 3. The van der Waals surface area contributed by atoms with Gasteiger partial charge in [-0.25, -0.2) is 8.78 Å². The predicted octanol–water partition coefficient (Wildman–Crippen LogP) is 5.58. The maximum atomic E-state index is 14.8. The lowest BCUT2D eigenvalue weighted by atomic mass is 10.1. The Kier molecular flexibility index (Phi) is 6.26. The molecule has 30 heavy (non-hydrogen) atoms. The number of nitrogens with zero attached hydrogens (tertiary/aromatic N) is 1. The maximum Gasteiger partial charge on any atom is 0.197 e. The van der Waals surface area contributed by atoms with Gasteiger partial charge in [-0.1, -0.05) is 36.7 Å². The first-order chi connectivity index (χ1) is 13.8. The van der Waals surface area contributed by atoms with Crippen LogP contribution in [-0.4, -0.2) is 30.7 Å². The molecular formula is C22H26BrF2NO3Si. The van der Waals surface area contributed by atoms with Crippen LogP contribution in [0.2, 0.25) is 18.1 Å². The van der Waals surface area contributed by atoms with E-state index in [0.717, 1.165) is 12.1 Å². The zero-order valence-electron chi connectivity index (χ0n) is 17.7. The van der Waals surface area contributed by atoms with Crippen LogP contribution in [0.5, 0.6) is 0 Å². The summed E-state index contributed by atoms with van der Waals surface area (Å²) in [5, 5.41) is 11.0.